The van der Waals surface area contributed by atoms with Crippen LogP contribution >= 0.6 is 0 Å². The zero-order valence-electron chi connectivity index (χ0n) is 26.3. The summed E-state index contributed by atoms with van der Waals surface area (Å²) in [5.41, 5.74) is 1.52. The first kappa shape index (κ1) is 36.3. The maximum absolute atomic E-state index is 13.4. The second kappa shape index (κ2) is 17.4. The highest BCUT2D eigenvalue weighted by Gasteiger charge is 2.27. The van der Waals surface area contributed by atoms with E-state index in [1.165, 1.54) is 22.5 Å². The van der Waals surface area contributed by atoms with Gasteiger partial charge < -0.3 is 14.8 Å². The number of ether oxygens (including phenoxy) is 2. The van der Waals surface area contributed by atoms with E-state index < -0.39 is 14.9 Å². The van der Waals surface area contributed by atoms with Gasteiger partial charge in [-0.1, -0.05) is 38.1 Å². The number of nitro groups is 1. The lowest BCUT2D eigenvalue weighted by molar-refractivity contribution is -0.385. The van der Waals surface area contributed by atoms with Crippen LogP contribution < -0.4 is 10.1 Å². The van der Waals surface area contributed by atoms with Crippen molar-refractivity contribution < 1.29 is 27.6 Å². The molecule has 2 aromatic carbocycles. The Morgan fingerprint density at radius 1 is 1.07 bits per heavy atom. The standard InChI is InChI=1S/C27H32N4O6S.C5H12O/c1-21(2)18-30(38(35,36)27-8-5-7-25(17-27)31(33)34)15-13-23(29-20-32)16-22-9-11-26(12-10-22)37-19-24-6-3-4-14-28-24;1-5(2,3)6-4/h3-12,14,17,20-21,23H,13,15-16,18-19H2,1-2H3,(H,29,32);1-4H3. The minimum atomic E-state index is -3.98. The van der Waals surface area contributed by atoms with E-state index in [-0.39, 0.29) is 41.2 Å². The fraction of sp³-hybridized carbons (Fsp3) is 0.438. The highest BCUT2D eigenvalue weighted by Crippen LogP contribution is 2.23. The number of nitro benzene ring substituents is 1. The molecule has 1 aromatic heterocycles. The molecule has 1 atom stereocenters. The Morgan fingerprint density at radius 3 is 2.30 bits per heavy atom. The lowest BCUT2D eigenvalue weighted by atomic mass is 10.0. The highest BCUT2D eigenvalue weighted by molar-refractivity contribution is 7.89. The number of aromatic nitrogens is 1. The molecular formula is C32H44N4O7S. The van der Waals surface area contributed by atoms with Crippen LogP contribution in [0.15, 0.2) is 77.8 Å². The number of benzene rings is 2. The van der Waals surface area contributed by atoms with Gasteiger partial charge in [0.05, 0.1) is 21.1 Å². The Bertz CT molecular complexity index is 1410. The Balaban J connectivity index is 0.00000102. The summed E-state index contributed by atoms with van der Waals surface area (Å²) in [4.78, 5) is 25.9. The van der Waals surface area contributed by atoms with Crippen LogP contribution in [-0.4, -0.2) is 60.9 Å². The van der Waals surface area contributed by atoms with Gasteiger partial charge in [-0.05, 0) is 75.4 Å². The van der Waals surface area contributed by atoms with Crippen molar-refractivity contribution in [3.8, 4) is 5.75 Å². The molecule has 240 valence electrons. The van der Waals surface area contributed by atoms with Crippen LogP contribution in [0.5, 0.6) is 5.75 Å². The molecule has 11 nitrogen and oxygen atoms in total. The molecular weight excluding hydrogens is 584 g/mol. The highest BCUT2D eigenvalue weighted by atomic mass is 32.2. The number of non-ortho nitro benzene ring substituents is 1. The van der Waals surface area contributed by atoms with Gasteiger partial charge in [-0.2, -0.15) is 4.31 Å². The minimum Gasteiger partial charge on any atom is -0.487 e. The minimum absolute atomic E-state index is 0.0274. The first-order valence-electron chi connectivity index (χ1n) is 14.4. The molecule has 0 aliphatic rings. The van der Waals surface area contributed by atoms with E-state index in [0.29, 0.717) is 31.6 Å². The van der Waals surface area contributed by atoms with Crippen LogP contribution in [-0.2, 0) is 32.6 Å². The Morgan fingerprint density at radius 2 is 1.75 bits per heavy atom. The van der Waals surface area contributed by atoms with Crippen LogP contribution in [0.2, 0.25) is 0 Å². The molecule has 1 heterocycles. The van der Waals surface area contributed by atoms with E-state index in [1.807, 2.05) is 77.1 Å². The predicted molar refractivity (Wildman–Crippen MR) is 170 cm³/mol. The monoisotopic (exact) mass is 628 g/mol. The molecule has 0 radical (unpaired) electrons. The lowest BCUT2D eigenvalue weighted by Crippen LogP contribution is -2.39. The Hall–Kier alpha value is -3.87. The van der Waals surface area contributed by atoms with E-state index >= 15 is 0 Å². The van der Waals surface area contributed by atoms with Crippen LogP contribution in [0.1, 0.15) is 52.3 Å². The Kier molecular flexibility index (Phi) is 14.4. The molecule has 3 aromatic rings. The van der Waals surface area contributed by atoms with E-state index in [2.05, 4.69) is 10.3 Å². The van der Waals surface area contributed by atoms with Gasteiger partial charge in [-0.3, -0.25) is 19.9 Å². The summed E-state index contributed by atoms with van der Waals surface area (Å²) in [6.45, 7) is 10.6. The summed E-state index contributed by atoms with van der Waals surface area (Å²) in [6, 6.07) is 17.8. The average Bonchev–Trinajstić information content (AvgIpc) is 2.99. The maximum Gasteiger partial charge on any atom is 0.270 e. The van der Waals surface area contributed by atoms with E-state index in [1.54, 1.807) is 13.3 Å². The molecule has 0 bridgehead atoms. The van der Waals surface area contributed by atoms with E-state index in [9.17, 15) is 23.3 Å². The molecule has 1 N–H and O–H groups in total. The normalized spacial score (nSPS) is 12.3. The maximum atomic E-state index is 13.4. The summed E-state index contributed by atoms with van der Waals surface area (Å²) >= 11 is 0. The number of nitrogens with zero attached hydrogens (tertiary/aromatic N) is 3. The SMILES string of the molecule is CC(C)CN(CCC(Cc1ccc(OCc2ccccn2)cc1)NC=O)S(=O)(=O)c1cccc([N+](=O)[O-])c1.COC(C)(C)C. The van der Waals surface area contributed by atoms with Crippen molar-refractivity contribution in [1.82, 2.24) is 14.6 Å². The fourth-order valence-corrected chi connectivity index (χ4v) is 5.57. The quantitative estimate of drug-likeness (QED) is 0.134. The number of rotatable bonds is 15. The second-order valence-corrected chi connectivity index (χ2v) is 13.5. The number of hydrogen-bond donors (Lipinski definition) is 1. The number of hydrogen-bond acceptors (Lipinski definition) is 8. The molecule has 1 amide bonds. The number of nitrogens with one attached hydrogen (secondary N) is 1. The van der Waals surface area contributed by atoms with Gasteiger partial charge in [-0.15, -0.1) is 0 Å². The zero-order valence-corrected chi connectivity index (χ0v) is 27.1. The third-order valence-corrected chi connectivity index (χ3v) is 8.26. The van der Waals surface area contributed by atoms with Crippen LogP contribution in [0.25, 0.3) is 0 Å². The Labute approximate surface area is 260 Å². The first-order chi connectivity index (χ1) is 20.7. The molecule has 1 unspecified atom stereocenters. The molecule has 0 saturated carbocycles. The molecule has 0 fully saturated rings. The van der Waals surface area contributed by atoms with Crippen molar-refractivity contribution in [3.05, 3.63) is 94.3 Å². The number of sulfonamides is 1. The van der Waals surface area contributed by atoms with E-state index in [0.717, 1.165) is 17.3 Å². The summed E-state index contributed by atoms with van der Waals surface area (Å²) < 4.78 is 38.8. The molecule has 3 rings (SSSR count). The molecule has 0 aliphatic heterocycles. The van der Waals surface area contributed by atoms with Crippen LogP contribution in [0.4, 0.5) is 5.69 Å². The average molecular weight is 629 g/mol. The molecule has 0 spiro atoms. The summed E-state index contributed by atoms with van der Waals surface area (Å²) in [5, 5.41) is 13.9. The number of carbonyl (C=O) groups excluding carboxylic acids is 1. The lowest BCUT2D eigenvalue weighted by Gasteiger charge is -2.26. The van der Waals surface area contributed by atoms with Crippen molar-refractivity contribution in [2.45, 2.75) is 70.6 Å². The van der Waals surface area contributed by atoms with Gasteiger partial charge in [0.2, 0.25) is 16.4 Å². The number of amides is 1. The number of carbonyl (C=O) groups is 1. The number of methoxy groups -OCH3 is 1. The number of pyridine rings is 1. The summed E-state index contributed by atoms with van der Waals surface area (Å²) in [5.74, 6) is 0.713. The smallest absolute Gasteiger partial charge is 0.270 e. The fourth-order valence-electron chi connectivity index (χ4n) is 3.91. The van der Waals surface area contributed by atoms with Crippen LogP contribution in [0.3, 0.4) is 0 Å². The zero-order chi connectivity index (χ0) is 32.8. The third-order valence-electron chi connectivity index (χ3n) is 6.40. The van der Waals surface area contributed by atoms with Crippen molar-refractivity contribution in [2.24, 2.45) is 5.92 Å². The third kappa shape index (κ3) is 12.8. The summed E-state index contributed by atoms with van der Waals surface area (Å²) in [6.07, 6.45) is 3.17. The van der Waals surface area contributed by atoms with Gasteiger partial charge in [0.1, 0.15) is 12.4 Å². The second-order valence-electron chi connectivity index (χ2n) is 11.6. The molecule has 44 heavy (non-hydrogen) atoms. The molecule has 0 saturated heterocycles. The summed E-state index contributed by atoms with van der Waals surface area (Å²) in [7, 11) is -2.27. The predicted octanol–water partition coefficient (Wildman–Crippen LogP) is 5.39. The molecule has 0 aliphatic carbocycles. The van der Waals surface area contributed by atoms with Crippen molar-refractivity contribution >= 4 is 22.1 Å². The first-order valence-corrected chi connectivity index (χ1v) is 15.8. The van der Waals surface area contributed by atoms with Gasteiger partial charge >= 0.3 is 0 Å². The largest absolute Gasteiger partial charge is 0.487 e. The van der Waals surface area contributed by atoms with Crippen molar-refractivity contribution in [1.29, 1.82) is 0 Å². The van der Waals surface area contributed by atoms with Gasteiger partial charge in [-0.25, -0.2) is 8.42 Å². The molecule has 12 heteroatoms. The van der Waals surface area contributed by atoms with Crippen LogP contribution in [0, 0.1) is 16.0 Å². The topological polar surface area (TPSA) is 141 Å². The van der Waals surface area contributed by atoms with Gasteiger partial charge in [0, 0.05) is 44.6 Å². The van der Waals surface area contributed by atoms with Crippen molar-refractivity contribution in [3.63, 3.8) is 0 Å². The van der Waals surface area contributed by atoms with E-state index in [4.69, 9.17) is 9.47 Å². The van der Waals surface area contributed by atoms with Gasteiger partial charge in [0.15, 0.2) is 0 Å². The van der Waals surface area contributed by atoms with Gasteiger partial charge in [0.25, 0.3) is 5.69 Å². The van der Waals surface area contributed by atoms with Crippen molar-refractivity contribution in [2.75, 3.05) is 20.2 Å².